The van der Waals surface area contributed by atoms with E-state index in [1.165, 1.54) is 0 Å². The van der Waals surface area contributed by atoms with Crippen LogP contribution in [0.1, 0.15) is 36.4 Å². The molecule has 31 heavy (non-hydrogen) atoms. The highest BCUT2D eigenvalue weighted by atomic mass is 35.5. The van der Waals surface area contributed by atoms with Gasteiger partial charge in [0.1, 0.15) is 5.84 Å². The van der Waals surface area contributed by atoms with Crippen LogP contribution in [0.5, 0.6) is 0 Å². The lowest BCUT2D eigenvalue weighted by Gasteiger charge is -2.28. The summed E-state index contributed by atoms with van der Waals surface area (Å²) in [5, 5.41) is 3.69. The molecule has 0 aromatic heterocycles. The molecule has 1 fully saturated rings. The predicted octanol–water partition coefficient (Wildman–Crippen LogP) is 2.72. The summed E-state index contributed by atoms with van der Waals surface area (Å²) >= 11 is 6.18. The minimum Gasteiger partial charge on any atom is -0.354 e. The Morgan fingerprint density at radius 2 is 1.94 bits per heavy atom. The van der Waals surface area contributed by atoms with E-state index in [1.807, 2.05) is 24.3 Å². The third-order valence-electron chi connectivity index (χ3n) is 5.58. The zero-order valence-electron chi connectivity index (χ0n) is 17.1. The smallest absolute Gasteiger partial charge is 0.263 e. The molecule has 0 aliphatic carbocycles. The lowest BCUT2D eigenvalue weighted by atomic mass is 10.1. The number of hydrogen-bond donors (Lipinski definition) is 2. The van der Waals surface area contributed by atoms with Crippen molar-refractivity contribution in [2.75, 3.05) is 26.2 Å². The Hall–Kier alpha value is -2.42. The molecule has 0 bridgehead atoms. The minimum atomic E-state index is -3.57. The highest BCUT2D eigenvalue weighted by Gasteiger charge is 2.30. The second-order valence-electron chi connectivity index (χ2n) is 7.70. The molecule has 2 heterocycles. The van der Waals surface area contributed by atoms with Gasteiger partial charge < -0.3 is 5.32 Å². The molecule has 0 spiro atoms. The van der Waals surface area contributed by atoms with Gasteiger partial charge in [0.25, 0.3) is 10.0 Å². The number of sulfonamides is 1. The first-order valence-electron chi connectivity index (χ1n) is 10.4. The first-order chi connectivity index (χ1) is 14.9. The first kappa shape index (κ1) is 21.8. The van der Waals surface area contributed by atoms with Gasteiger partial charge in [-0.15, -0.1) is 0 Å². The van der Waals surface area contributed by atoms with Gasteiger partial charge >= 0.3 is 0 Å². The van der Waals surface area contributed by atoms with Gasteiger partial charge in [0, 0.05) is 23.6 Å². The van der Waals surface area contributed by atoms with E-state index in [0.29, 0.717) is 17.1 Å². The predicted molar refractivity (Wildman–Crippen MR) is 121 cm³/mol. The van der Waals surface area contributed by atoms with E-state index in [4.69, 9.17) is 11.6 Å². The van der Waals surface area contributed by atoms with Crippen molar-refractivity contribution in [1.82, 2.24) is 14.9 Å². The van der Waals surface area contributed by atoms with E-state index in [9.17, 15) is 13.2 Å². The average molecular weight is 461 g/mol. The quantitative estimate of drug-likeness (QED) is 0.664. The highest BCUT2D eigenvalue weighted by Crippen LogP contribution is 2.26. The molecule has 2 aromatic carbocycles. The number of amides is 1. The summed E-state index contributed by atoms with van der Waals surface area (Å²) in [6, 6.07) is 14.5. The van der Waals surface area contributed by atoms with Gasteiger partial charge in [0.2, 0.25) is 5.91 Å². The van der Waals surface area contributed by atoms with Gasteiger partial charge in [-0.1, -0.05) is 35.9 Å². The summed E-state index contributed by atoms with van der Waals surface area (Å²) in [4.78, 5) is 19.3. The molecule has 2 N–H and O–H groups in total. The Kier molecular flexibility index (Phi) is 6.60. The number of carbonyl (C=O) groups excluding carboxylic acids is 1. The summed E-state index contributed by atoms with van der Waals surface area (Å²) in [6.45, 7) is 2.69. The molecule has 9 heteroatoms. The molecule has 2 aromatic rings. The lowest BCUT2D eigenvalue weighted by molar-refractivity contribution is -0.121. The maximum atomic E-state index is 12.4. The lowest BCUT2D eigenvalue weighted by Crippen LogP contribution is -2.37. The van der Waals surface area contributed by atoms with Crippen molar-refractivity contribution >= 4 is 33.4 Å². The van der Waals surface area contributed by atoms with E-state index >= 15 is 0 Å². The fraction of sp³-hybridized carbons (Fsp3) is 0.364. The average Bonchev–Trinajstić information content (AvgIpc) is 3.36. The van der Waals surface area contributed by atoms with Gasteiger partial charge in [-0.25, -0.2) is 8.42 Å². The Labute approximate surface area is 187 Å². The number of fused-ring (bicyclic) bond motifs is 1. The largest absolute Gasteiger partial charge is 0.354 e. The van der Waals surface area contributed by atoms with Crippen LogP contribution in [0, 0.1) is 0 Å². The molecule has 1 atom stereocenters. The molecule has 7 nitrogen and oxygen atoms in total. The molecule has 1 unspecified atom stereocenters. The Morgan fingerprint density at radius 3 is 2.71 bits per heavy atom. The molecule has 2 aliphatic rings. The van der Waals surface area contributed by atoms with Gasteiger partial charge in [-0.3, -0.25) is 19.4 Å². The van der Waals surface area contributed by atoms with Crippen LogP contribution in [0.25, 0.3) is 0 Å². The van der Waals surface area contributed by atoms with Crippen LogP contribution in [0.3, 0.4) is 0 Å². The summed E-state index contributed by atoms with van der Waals surface area (Å²) in [7, 11) is -3.57. The number of amidine groups is 1. The third kappa shape index (κ3) is 5.08. The second kappa shape index (κ2) is 9.38. The molecule has 1 amide bonds. The number of carbonyl (C=O) groups is 1. The van der Waals surface area contributed by atoms with Crippen molar-refractivity contribution in [3.63, 3.8) is 0 Å². The molecule has 0 radical (unpaired) electrons. The SMILES string of the molecule is O=C(CCN=C1NS(=O)(=O)c2ccccc21)NCC(c1cccc(Cl)c1)N1CCCC1. The van der Waals surface area contributed by atoms with Crippen LogP contribution in [0.2, 0.25) is 5.02 Å². The first-order valence-corrected chi connectivity index (χ1v) is 12.2. The third-order valence-corrected chi connectivity index (χ3v) is 7.21. The monoisotopic (exact) mass is 460 g/mol. The van der Waals surface area contributed by atoms with E-state index in [1.54, 1.807) is 24.3 Å². The van der Waals surface area contributed by atoms with Crippen LogP contribution in [-0.2, 0) is 14.8 Å². The number of likely N-dealkylation sites (tertiary alicyclic amines) is 1. The number of aliphatic imine (C=N–C) groups is 1. The fourth-order valence-electron chi connectivity index (χ4n) is 4.04. The number of nitrogens with zero attached hydrogens (tertiary/aromatic N) is 2. The van der Waals surface area contributed by atoms with Crippen molar-refractivity contribution in [3.8, 4) is 0 Å². The number of benzene rings is 2. The summed E-state index contributed by atoms with van der Waals surface area (Å²) in [5.74, 6) is 0.169. The Bertz CT molecular complexity index is 1100. The number of hydrogen-bond acceptors (Lipinski definition) is 5. The summed E-state index contributed by atoms with van der Waals surface area (Å²) < 4.78 is 26.7. The standard InChI is InChI=1S/C22H25ClN4O3S/c23-17-7-5-6-16(14-17)19(27-12-3-4-13-27)15-25-21(28)10-11-24-22-18-8-1-2-9-20(18)31(29,30)26-22/h1-2,5-9,14,19H,3-4,10-13,15H2,(H,24,26)(H,25,28). The number of nitrogens with one attached hydrogen (secondary N) is 2. The van der Waals surface area contributed by atoms with Crippen molar-refractivity contribution in [2.45, 2.75) is 30.2 Å². The normalized spacial score (nSPS) is 19.7. The Balaban J connectivity index is 1.36. The molecular formula is C22H25ClN4O3S. The van der Waals surface area contributed by atoms with Gasteiger partial charge in [0.15, 0.2) is 0 Å². The zero-order chi connectivity index (χ0) is 21.8. The van der Waals surface area contributed by atoms with Crippen molar-refractivity contribution in [1.29, 1.82) is 0 Å². The van der Waals surface area contributed by atoms with Gasteiger partial charge in [-0.2, -0.15) is 0 Å². The highest BCUT2D eigenvalue weighted by molar-refractivity contribution is 7.90. The van der Waals surface area contributed by atoms with Crippen molar-refractivity contribution in [2.24, 2.45) is 4.99 Å². The molecule has 4 rings (SSSR count). The topological polar surface area (TPSA) is 90.9 Å². The Morgan fingerprint density at radius 1 is 1.16 bits per heavy atom. The van der Waals surface area contributed by atoms with Crippen molar-refractivity contribution in [3.05, 3.63) is 64.7 Å². The molecular weight excluding hydrogens is 436 g/mol. The molecule has 1 saturated heterocycles. The maximum Gasteiger partial charge on any atom is 0.263 e. The van der Waals surface area contributed by atoms with E-state index < -0.39 is 10.0 Å². The molecule has 2 aliphatic heterocycles. The number of rotatable bonds is 7. The van der Waals surface area contributed by atoms with Crippen LogP contribution in [-0.4, -0.2) is 51.2 Å². The van der Waals surface area contributed by atoms with Gasteiger partial charge in [0.05, 0.1) is 17.5 Å². The van der Waals surface area contributed by atoms with E-state index in [-0.39, 0.29) is 35.6 Å². The molecule has 164 valence electrons. The minimum absolute atomic E-state index is 0.0741. The van der Waals surface area contributed by atoms with E-state index in [2.05, 4.69) is 19.9 Å². The summed E-state index contributed by atoms with van der Waals surface area (Å²) in [5.41, 5.74) is 1.63. The maximum absolute atomic E-state index is 12.4. The second-order valence-corrected chi connectivity index (χ2v) is 9.79. The van der Waals surface area contributed by atoms with Crippen molar-refractivity contribution < 1.29 is 13.2 Å². The van der Waals surface area contributed by atoms with Crippen LogP contribution >= 0.6 is 11.6 Å². The summed E-state index contributed by atoms with van der Waals surface area (Å²) in [6.07, 6.45) is 2.48. The van der Waals surface area contributed by atoms with Crippen LogP contribution in [0.15, 0.2) is 58.4 Å². The van der Waals surface area contributed by atoms with E-state index in [0.717, 1.165) is 31.5 Å². The van der Waals surface area contributed by atoms with Gasteiger partial charge in [-0.05, 0) is 55.8 Å². The zero-order valence-corrected chi connectivity index (χ0v) is 18.6. The number of halogens is 1. The fourth-order valence-corrected chi connectivity index (χ4v) is 5.49. The van der Waals surface area contributed by atoms with Crippen LogP contribution in [0.4, 0.5) is 0 Å². The molecule has 0 saturated carbocycles. The van der Waals surface area contributed by atoms with Crippen LogP contribution < -0.4 is 10.0 Å².